The van der Waals surface area contributed by atoms with Crippen molar-refractivity contribution in [3.05, 3.63) is 45.4 Å². The smallest absolute Gasteiger partial charge is 0.225 e. The number of aryl methyl sites for hydroxylation is 1. The lowest BCUT2D eigenvalue weighted by Crippen LogP contribution is -2.24. The summed E-state index contributed by atoms with van der Waals surface area (Å²) in [4.78, 5) is 13.0. The van der Waals surface area contributed by atoms with Gasteiger partial charge in [0.25, 0.3) is 0 Å². The molecular weight excluding hydrogens is 268 g/mol. The maximum absolute atomic E-state index is 11.9. The average molecular weight is 288 g/mol. The monoisotopic (exact) mass is 288 g/mol. The summed E-state index contributed by atoms with van der Waals surface area (Å²) in [5, 5.41) is 5.04. The number of amides is 1. The van der Waals surface area contributed by atoms with Gasteiger partial charge in [0, 0.05) is 28.9 Å². The summed E-state index contributed by atoms with van der Waals surface area (Å²) in [6.07, 6.45) is 3.07. The fourth-order valence-electron chi connectivity index (χ4n) is 2.75. The number of nitrogens with zero attached hydrogens (tertiary/aromatic N) is 1. The second-order valence-corrected chi connectivity index (χ2v) is 6.56. The second kappa shape index (κ2) is 5.44. The maximum Gasteiger partial charge on any atom is 0.225 e. The van der Waals surface area contributed by atoms with E-state index in [9.17, 15) is 4.79 Å². The van der Waals surface area contributed by atoms with Crippen molar-refractivity contribution in [1.82, 2.24) is 9.88 Å². The number of nitrogens with one attached hydrogen (secondary N) is 1. The summed E-state index contributed by atoms with van der Waals surface area (Å²) in [6, 6.07) is 6.89. The maximum atomic E-state index is 11.9. The molecule has 20 heavy (non-hydrogen) atoms. The molecule has 4 heteroatoms. The first kappa shape index (κ1) is 13.4. The van der Waals surface area contributed by atoms with Crippen LogP contribution in [0.3, 0.4) is 0 Å². The Kier molecular flexibility index (Phi) is 3.66. The Morgan fingerprint density at radius 1 is 1.45 bits per heavy atom. The van der Waals surface area contributed by atoms with E-state index in [0.717, 1.165) is 4.88 Å². The van der Waals surface area contributed by atoms with E-state index in [1.54, 1.807) is 11.3 Å². The van der Waals surface area contributed by atoms with Crippen LogP contribution in [0.5, 0.6) is 0 Å². The lowest BCUT2D eigenvalue weighted by Gasteiger charge is -2.08. The Bertz CT molecular complexity index is 609. The van der Waals surface area contributed by atoms with E-state index in [2.05, 4.69) is 29.8 Å². The first-order chi connectivity index (χ1) is 9.65. The van der Waals surface area contributed by atoms with Crippen LogP contribution in [-0.2, 0) is 17.8 Å². The highest BCUT2D eigenvalue weighted by molar-refractivity contribution is 7.10. The Balaban J connectivity index is 1.61. The highest BCUT2D eigenvalue weighted by Gasteiger charge is 2.26. The van der Waals surface area contributed by atoms with Crippen LogP contribution in [0.2, 0.25) is 0 Å². The molecule has 1 saturated carbocycles. The molecule has 0 aromatic carbocycles. The molecule has 0 saturated heterocycles. The molecule has 0 spiro atoms. The van der Waals surface area contributed by atoms with Crippen molar-refractivity contribution in [3.8, 4) is 0 Å². The van der Waals surface area contributed by atoms with Crippen LogP contribution in [0.1, 0.15) is 40.7 Å². The van der Waals surface area contributed by atoms with Gasteiger partial charge in [-0.25, -0.2) is 0 Å². The molecule has 3 rings (SSSR count). The topological polar surface area (TPSA) is 34.0 Å². The predicted molar refractivity (Wildman–Crippen MR) is 82.0 cm³/mol. The molecular formula is C16H20N2OS. The molecule has 2 aromatic rings. The zero-order chi connectivity index (χ0) is 14.1. The van der Waals surface area contributed by atoms with Gasteiger partial charge in [0.05, 0.1) is 6.42 Å². The van der Waals surface area contributed by atoms with Gasteiger partial charge < -0.3 is 9.88 Å². The van der Waals surface area contributed by atoms with Crippen LogP contribution in [-0.4, -0.2) is 10.5 Å². The van der Waals surface area contributed by atoms with Gasteiger partial charge in [0.1, 0.15) is 0 Å². The molecule has 0 atom stereocenters. The Morgan fingerprint density at radius 3 is 2.90 bits per heavy atom. The van der Waals surface area contributed by atoms with Crippen molar-refractivity contribution in [2.45, 2.75) is 45.7 Å². The first-order valence-corrected chi connectivity index (χ1v) is 7.99. The van der Waals surface area contributed by atoms with Gasteiger partial charge in [0.15, 0.2) is 0 Å². The third-order valence-corrected chi connectivity index (χ3v) is 4.77. The molecule has 2 aromatic heterocycles. The van der Waals surface area contributed by atoms with Crippen LogP contribution in [0.15, 0.2) is 23.6 Å². The van der Waals surface area contributed by atoms with E-state index >= 15 is 0 Å². The van der Waals surface area contributed by atoms with E-state index in [-0.39, 0.29) is 5.91 Å². The third-order valence-electron chi connectivity index (χ3n) is 3.89. The lowest BCUT2D eigenvalue weighted by molar-refractivity contribution is -0.120. The Hall–Kier alpha value is -1.55. The summed E-state index contributed by atoms with van der Waals surface area (Å²) in [5.41, 5.74) is 3.86. The van der Waals surface area contributed by atoms with Crippen molar-refractivity contribution in [2.75, 3.05) is 0 Å². The van der Waals surface area contributed by atoms with Gasteiger partial charge in [-0.2, -0.15) is 0 Å². The van der Waals surface area contributed by atoms with Crippen molar-refractivity contribution in [2.24, 2.45) is 0 Å². The lowest BCUT2D eigenvalue weighted by atomic mass is 10.2. The number of rotatable bonds is 5. The zero-order valence-electron chi connectivity index (χ0n) is 12.0. The molecule has 106 valence electrons. The van der Waals surface area contributed by atoms with E-state index in [0.29, 0.717) is 19.0 Å². The fourth-order valence-corrected chi connectivity index (χ4v) is 3.45. The zero-order valence-corrected chi connectivity index (χ0v) is 12.8. The quantitative estimate of drug-likeness (QED) is 0.899. The van der Waals surface area contributed by atoms with Crippen molar-refractivity contribution in [3.63, 3.8) is 0 Å². The molecule has 1 fully saturated rings. The molecule has 0 aliphatic heterocycles. The van der Waals surface area contributed by atoms with Gasteiger partial charge in [0.2, 0.25) is 5.91 Å². The highest BCUT2D eigenvalue weighted by Crippen LogP contribution is 2.38. The minimum atomic E-state index is 0.101. The largest absolute Gasteiger partial charge is 0.352 e. The standard InChI is InChI=1S/C16H20N2OS/c1-11-8-13(12(2)18(11)14-5-6-14)10-17-16(19)9-15-4-3-7-20-15/h3-4,7-8,14H,5-6,9-10H2,1-2H3,(H,17,19). The minimum Gasteiger partial charge on any atom is -0.352 e. The van der Waals surface area contributed by atoms with Crippen LogP contribution in [0, 0.1) is 13.8 Å². The number of thiophene rings is 1. The van der Waals surface area contributed by atoms with Crippen LogP contribution in [0.4, 0.5) is 0 Å². The van der Waals surface area contributed by atoms with Gasteiger partial charge in [-0.1, -0.05) is 6.07 Å². The number of carbonyl (C=O) groups excluding carboxylic acids is 1. The van der Waals surface area contributed by atoms with E-state index in [4.69, 9.17) is 0 Å². The third kappa shape index (κ3) is 2.80. The summed E-state index contributed by atoms with van der Waals surface area (Å²) in [5.74, 6) is 0.101. The van der Waals surface area contributed by atoms with Gasteiger partial charge in [-0.15, -0.1) is 11.3 Å². The summed E-state index contributed by atoms with van der Waals surface area (Å²) >= 11 is 1.63. The first-order valence-electron chi connectivity index (χ1n) is 7.11. The van der Waals surface area contributed by atoms with Crippen molar-refractivity contribution in [1.29, 1.82) is 0 Å². The average Bonchev–Trinajstić information content (AvgIpc) is 3.02. The molecule has 0 bridgehead atoms. The predicted octanol–water partition coefficient (Wildman–Crippen LogP) is 3.36. The molecule has 1 aliphatic carbocycles. The van der Waals surface area contributed by atoms with Crippen LogP contribution >= 0.6 is 11.3 Å². The molecule has 0 radical (unpaired) electrons. The number of carbonyl (C=O) groups is 1. The number of aromatic nitrogens is 1. The molecule has 2 heterocycles. The van der Waals surface area contributed by atoms with E-state index < -0.39 is 0 Å². The molecule has 1 N–H and O–H groups in total. The Morgan fingerprint density at radius 2 is 2.25 bits per heavy atom. The molecule has 3 nitrogen and oxygen atoms in total. The fraction of sp³-hybridized carbons (Fsp3) is 0.438. The Labute approximate surface area is 123 Å². The summed E-state index contributed by atoms with van der Waals surface area (Å²) in [6.45, 7) is 4.95. The van der Waals surface area contributed by atoms with Gasteiger partial charge >= 0.3 is 0 Å². The molecule has 1 aliphatic rings. The highest BCUT2D eigenvalue weighted by atomic mass is 32.1. The van der Waals surface area contributed by atoms with E-state index in [1.165, 1.54) is 29.8 Å². The minimum absolute atomic E-state index is 0.101. The molecule has 1 amide bonds. The van der Waals surface area contributed by atoms with Gasteiger partial charge in [-0.3, -0.25) is 4.79 Å². The summed E-state index contributed by atoms with van der Waals surface area (Å²) in [7, 11) is 0. The van der Waals surface area contributed by atoms with E-state index in [1.807, 2.05) is 17.5 Å². The van der Waals surface area contributed by atoms with Crippen molar-refractivity contribution >= 4 is 17.2 Å². The molecule has 0 unspecified atom stereocenters. The van der Waals surface area contributed by atoms with Crippen LogP contribution in [0.25, 0.3) is 0 Å². The van der Waals surface area contributed by atoms with Gasteiger partial charge in [-0.05, 0) is 49.8 Å². The SMILES string of the molecule is Cc1cc(CNC(=O)Cc2cccs2)c(C)n1C1CC1. The summed E-state index contributed by atoms with van der Waals surface area (Å²) < 4.78 is 2.42. The number of hydrogen-bond acceptors (Lipinski definition) is 2. The second-order valence-electron chi connectivity index (χ2n) is 5.53. The normalized spacial score (nSPS) is 14.5. The van der Waals surface area contributed by atoms with Crippen LogP contribution < -0.4 is 5.32 Å². The van der Waals surface area contributed by atoms with Crippen molar-refractivity contribution < 1.29 is 4.79 Å². The number of hydrogen-bond donors (Lipinski definition) is 1.